The number of anilines is 1. The van der Waals surface area contributed by atoms with Crippen LogP contribution in [0.5, 0.6) is 0 Å². The van der Waals surface area contributed by atoms with Gasteiger partial charge in [-0.2, -0.15) is 4.31 Å². The van der Waals surface area contributed by atoms with Gasteiger partial charge in [0.25, 0.3) is 5.91 Å². The van der Waals surface area contributed by atoms with Gasteiger partial charge in [-0.15, -0.1) is 12.4 Å². The summed E-state index contributed by atoms with van der Waals surface area (Å²) in [6.07, 6.45) is 0. The third-order valence-corrected chi connectivity index (χ3v) is 8.86. The zero-order valence-electron chi connectivity index (χ0n) is 21.2. The lowest BCUT2D eigenvalue weighted by atomic mass is 10.2. The molecular formula is C24H32BrClN4O5S2. The minimum Gasteiger partial charge on any atom is -0.383 e. The Morgan fingerprint density at radius 2 is 1.59 bits per heavy atom. The first-order chi connectivity index (χ1) is 17.2. The van der Waals surface area contributed by atoms with E-state index in [1.807, 2.05) is 37.2 Å². The van der Waals surface area contributed by atoms with Gasteiger partial charge in [0, 0.05) is 50.4 Å². The van der Waals surface area contributed by atoms with Gasteiger partial charge >= 0.3 is 0 Å². The van der Waals surface area contributed by atoms with Crippen LogP contribution in [-0.2, 0) is 19.5 Å². The van der Waals surface area contributed by atoms with Gasteiger partial charge in [0.1, 0.15) is 0 Å². The SMILES string of the molecule is COCCN(CCOC)S(=O)(=O)c1ccc(C(=O)N(CCN(C)C)c2nc3ccc(Br)cc3s2)cc1.Cl. The highest BCUT2D eigenvalue weighted by Gasteiger charge is 2.26. The van der Waals surface area contributed by atoms with Gasteiger partial charge < -0.3 is 14.4 Å². The standard InChI is InChI=1S/C24H31BrN4O5S2.ClH/c1-27(2)11-12-29(24-26-21-10-7-19(25)17-22(21)35-24)23(30)18-5-8-20(9-6-18)36(31,32)28(13-15-33-3)14-16-34-4;/h5-10,17H,11-16H2,1-4H3;1H. The Morgan fingerprint density at radius 1 is 0.973 bits per heavy atom. The molecule has 0 N–H and O–H groups in total. The third kappa shape index (κ3) is 8.17. The summed E-state index contributed by atoms with van der Waals surface area (Å²) < 4.78 is 39.7. The lowest BCUT2D eigenvalue weighted by molar-refractivity contribution is 0.0985. The summed E-state index contributed by atoms with van der Waals surface area (Å²) in [7, 11) is 3.15. The molecule has 0 aliphatic heterocycles. The van der Waals surface area contributed by atoms with Crippen molar-refractivity contribution in [3.8, 4) is 0 Å². The van der Waals surface area contributed by atoms with Crippen molar-refractivity contribution in [2.24, 2.45) is 0 Å². The Balaban J connectivity index is 0.00000481. The van der Waals surface area contributed by atoms with Crippen molar-refractivity contribution in [3.05, 3.63) is 52.5 Å². The summed E-state index contributed by atoms with van der Waals surface area (Å²) >= 11 is 4.92. The van der Waals surface area contributed by atoms with E-state index in [9.17, 15) is 13.2 Å². The predicted molar refractivity (Wildman–Crippen MR) is 154 cm³/mol. The van der Waals surface area contributed by atoms with Crippen molar-refractivity contribution < 1.29 is 22.7 Å². The van der Waals surface area contributed by atoms with E-state index in [2.05, 4.69) is 20.9 Å². The number of thiazole rings is 1. The fourth-order valence-corrected chi connectivity index (χ4v) is 6.35. The molecule has 37 heavy (non-hydrogen) atoms. The van der Waals surface area contributed by atoms with Gasteiger partial charge in [-0.05, 0) is 56.6 Å². The number of benzene rings is 2. The summed E-state index contributed by atoms with van der Waals surface area (Å²) in [5, 5.41) is 0.594. The Morgan fingerprint density at radius 3 is 2.16 bits per heavy atom. The molecule has 1 heterocycles. The number of rotatable bonds is 13. The maximum absolute atomic E-state index is 13.6. The predicted octanol–water partition coefficient (Wildman–Crippen LogP) is 3.97. The van der Waals surface area contributed by atoms with E-state index in [-0.39, 0.29) is 49.5 Å². The van der Waals surface area contributed by atoms with E-state index in [4.69, 9.17) is 9.47 Å². The van der Waals surface area contributed by atoms with Crippen molar-refractivity contribution in [1.29, 1.82) is 0 Å². The zero-order valence-corrected chi connectivity index (χ0v) is 25.3. The van der Waals surface area contributed by atoms with Crippen molar-refractivity contribution in [2.75, 3.05) is 72.6 Å². The first-order valence-corrected chi connectivity index (χ1v) is 14.3. The molecule has 1 amide bonds. The monoisotopic (exact) mass is 634 g/mol. The molecule has 0 saturated carbocycles. The maximum atomic E-state index is 13.6. The number of aromatic nitrogens is 1. The maximum Gasteiger partial charge on any atom is 0.260 e. The quantitative estimate of drug-likeness (QED) is 0.281. The van der Waals surface area contributed by atoms with E-state index in [0.717, 1.165) is 14.7 Å². The number of carbonyl (C=O) groups excluding carboxylic acids is 1. The minimum absolute atomic E-state index is 0. The molecule has 0 fully saturated rings. The summed E-state index contributed by atoms with van der Waals surface area (Å²) in [5.41, 5.74) is 1.20. The first kappa shape index (κ1) is 31.6. The number of hydrogen-bond acceptors (Lipinski definition) is 8. The average Bonchev–Trinajstić information content (AvgIpc) is 3.26. The average molecular weight is 636 g/mol. The molecule has 13 heteroatoms. The van der Waals surface area contributed by atoms with E-state index < -0.39 is 10.0 Å². The van der Waals surface area contributed by atoms with Crippen molar-refractivity contribution >= 4 is 71.0 Å². The number of amides is 1. The van der Waals surface area contributed by atoms with Crippen LogP contribution in [0, 0.1) is 0 Å². The van der Waals surface area contributed by atoms with Gasteiger partial charge in [0.15, 0.2) is 5.13 Å². The van der Waals surface area contributed by atoms with Crippen LogP contribution >= 0.6 is 39.7 Å². The van der Waals surface area contributed by atoms with Crippen LogP contribution in [0.4, 0.5) is 5.13 Å². The van der Waals surface area contributed by atoms with E-state index in [0.29, 0.717) is 23.8 Å². The van der Waals surface area contributed by atoms with Gasteiger partial charge in [-0.3, -0.25) is 9.69 Å². The number of sulfonamides is 1. The molecule has 0 saturated heterocycles. The summed E-state index contributed by atoms with van der Waals surface area (Å²) in [6, 6.07) is 11.8. The third-order valence-electron chi connectivity index (χ3n) is 5.41. The second kappa shape index (κ2) is 14.5. The fourth-order valence-electron chi connectivity index (χ4n) is 3.40. The van der Waals surface area contributed by atoms with Crippen LogP contribution in [-0.4, -0.2) is 96.2 Å². The minimum atomic E-state index is -3.78. The highest BCUT2D eigenvalue weighted by Crippen LogP contribution is 2.31. The lowest BCUT2D eigenvalue weighted by Gasteiger charge is -2.23. The Kier molecular flexibility index (Phi) is 12.4. The Hall–Kier alpha value is -1.64. The summed E-state index contributed by atoms with van der Waals surface area (Å²) in [5.74, 6) is -0.241. The molecule has 1 aromatic heterocycles. The number of methoxy groups -OCH3 is 2. The number of halogens is 2. The molecule has 3 rings (SSSR count). The molecule has 9 nitrogen and oxygen atoms in total. The van der Waals surface area contributed by atoms with E-state index in [1.165, 1.54) is 42.0 Å². The van der Waals surface area contributed by atoms with E-state index in [1.54, 1.807) is 17.0 Å². The molecule has 0 spiro atoms. The molecule has 0 bridgehead atoms. The highest BCUT2D eigenvalue weighted by molar-refractivity contribution is 9.10. The van der Waals surface area contributed by atoms with Crippen LogP contribution in [0.3, 0.4) is 0 Å². The smallest absolute Gasteiger partial charge is 0.260 e. The van der Waals surface area contributed by atoms with Crippen molar-refractivity contribution in [1.82, 2.24) is 14.2 Å². The number of carbonyl (C=O) groups is 1. The molecule has 0 aliphatic carbocycles. The number of fused-ring (bicyclic) bond motifs is 1. The van der Waals surface area contributed by atoms with Gasteiger partial charge in [0.05, 0.1) is 28.3 Å². The molecule has 0 unspecified atom stereocenters. The number of nitrogens with zero attached hydrogens (tertiary/aromatic N) is 4. The molecule has 3 aromatic rings. The molecular weight excluding hydrogens is 604 g/mol. The number of ether oxygens (including phenoxy) is 2. The van der Waals surface area contributed by atoms with Gasteiger partial charge in [-0.1, -0.05) is 27.3 Å². The van der Waals surface area contributed by atoms with E-state index >= 15 is 0 Å². The molecule has 0 atom stereocenters. The van der Waals surface area contributed by atoms with Crippen LogP contribution in [0.1, 0.15) is 10.4 Å². The van der Waals surface area contributed by atoms with Crippen LogP contribution < -0.4 is 4.90 Å². The summed E-state index contributed by atoms with van der Waals surface area (Å²) in [6.45, 7) is 2.02. The normalized spacial score (nSPS) is 11.8. The zero-order chi connectivity index (χ0) is 26.3. The highest BCUT2D eigenvalue weighted by atomic mass is 79.9. The topological polar surface area (TPSA) is 92.3 Å². The van der Waals surface area contributed by atoms with Crippen LogP contribution in [0.2, 0.25) is 0 Å². The summed E-state index contributed by atoms with van der Waals surface area (Å²) in [4.78, 5) is 22.0. The molecule has 2 aromatic carbocycles. The lowest BCUT2D eigenvalue weighted by Crippen LogP contribution is -2.37. The molecule has 0 radical (unpaired) electrons. The Labute approximate surface area is 236 Å². The Bertz CT molecular complexity index is 1260. The van der Waals surface area contributed by atoms with Crippen molar-refractivity contribution in [2.45, 2.75) is 4.90 Å². The second-order valence-electron chi connectivity index (χ2n) is 8.28. The number of hydrogen-bond donors (Lipinski definition) is 0. The largest absolute Gasteiger partial charge is 0.383 e. The van der Waals surface area contributed by atoms with Crippen LogP contribution in [0.15, 0.2) is 51.8 Å². The molecule has 0 aliphatic rings. The van der Waals surface area contributed by atoms with Crippen molar-refractivity contribution in [3.63, 3.8) is 0 Å². The van der Waals surface area contributed by atoms with Crippen LogP contribution in [0.25, 0.3) is 10.2 Å². The van der Waals surface area contributed by atoms with Gasteiger partial charge in [-0.25, -0.2) is 13.4 Å². The first-order valence-electron chi connectivity index (χ1n) is 11.3. The fraction of sp³-hybridized carbons (Fsp3) is 0.417. The second-order valence-corrected chi connectivity index (χ2v) is 12.1. The number of likely N-dealkylation sites (N-methyl/N-ethyl adjacent to an activating group) is 1. The van der Waals surface area contributed by atoms with Gasteiger partial charge in [0.2, 0.25) is 10.0 Å². The molecule has 204 valence electrons.